The van der Waals surface area contributed by atoms with Crippen LogP contribution in [-0.2, 0) is 5.60 Å². The molecule has 0 aliphatic heterocycles. The average molecular weight is 297 g/mol. The molecular weight excluding hydrogens is 280 g/mol. The maximum absolute atomic E-state index is 13.7. The third-order valence-electron chi connectivity index (χ3n) is 3.33. The van der Waals surface area contributed by atoms with Gasteiger partial charge in [-0.05, 0) is 48.4 Å². The van der Waals surface area contributed by atoms with E-state index >= 15 is 0 Å². The van der Waals surface area contributed by atoms with Crippen molar-refractivity contribution in [1.82, 2.24) is 5.32 Å². The van der Waals surface area contributed by atoms with Crippen molar-refractivity contribution in [1.29, 1.82) is 0 Å². The van der Waals surface area contributed by atoms with Gasteiger partial charge in [0.2, 0.25) is 0 Å². The maximum Gasteiger partial charge on any atom is 0.130 e. The van der Waals surface area contributed by atoms with Crippen molar-refractivity contribution >= 4 is 11.3 Å². The minimum absolute atomic E-state index is 0.00591. The van der Waals surface area contributed by atoms with Gasteiger partial charge in [0.1, 0.15) is 17.2 Å². The highest BCUT2D eigenvalue weighted by molar-refractivity contribution is 7.08. The van der Waals surface area contributed by atoms with Crippen LogP contribution in [0.4, 0.5) is 8.78 Å². The Bertz CT molecular complexity index is 549. The molecular formula is C15H17F2NOS. The lowest BCUT2D eigenvalue weighted by molar-refractivity contribution is 0.0545. The van der Waals surface area contributed by atoms with Crippen LogP contribution < -0.4 is 5.32 Å². The molecule has 0 spiro atoms. The Morgan fingerprint density at radius 1 is 1.30 bits per heavy atom. The summed E-state index contributed by atoms with van der Waals surface area (Å²) in [5.41, 5.74) is -0.291. The molecule has 1 heterocycles. The number of rotatable bonds is 5. The Morgan fingerprint density at radius 3 is 2.50 bits per heavy atom. The molecule has 0 radical (unpaired) electrons. The molecule has 20 heavy (non-hydrogen) atoms. The molecule has 0 aliphatic carbocycles. The second-order valence-corrected chi connectivity index (χ2v) is 5.80. The van der Waals surface area contributed by atoms with Gasteiger partial charge in [0.15, 0.2) is 0 Å². The summed E-state index contributed by atoms with van der Waals surface area (Å²) in [5.74, 6) is -1.17. The van der Waals surface area contributed by atoms with Gasteiger partial charge in [-0.1, -0.05) is 6.07 Å². The minimum Gasteiger partial charge on any atom is -0.384 e. The molecule has 2 rings (SSSR count). The fourth-order valence-corrected chi connectivity index (χ4v) is 2.83. The highest BCUT2D eigenvalue weighted by atomic mass is 32.1. The van der Waals surface area contributed by atoms with Gasteiger partial charge < -0.3 is 10.4 Å². The van der Waals surface area contributed by atoms with Crippen LogP contribution in [0.2, 0.25) is 0 Å². The number of aliphatic hydroxyl groups is 1. The van der Waals surface area contributed by atoms with Crippen LogP contribution >= 0.6 is 11.3 Å². The van der Waals surface area contributed by atoms with Gasteiger partial charge in [0.05, 0.1) is 0 Å². The zero-order valence-corrected chi connectivity index (χ0v) is 12.2. The lowest BCUT2D eigenvalue weighted by atomic mass is 9.98. The van der Waals surface area contributed by atoms with Crippen molar-refractivity contribution in [3.8, 4) is 0 Å². The molecule has 2 aromatic rings. The zero-order chi connectivity index (χ0) is 14.8. The van der Waals surface area contributed by atoms with Crippen molar-refractivity contribution in [2.75, 3.05) is 6.54 Å². The largest absolute Gasteiger partial charge is 0.384 e. The first-order chi connectivity index (χ1) is 9.42. The molecule has 0 amide bonds. The van der Waals surface area contributed by atoms with Crippen LogP contribution in [0.3, 0.4) is 0 Å². The molecule has 0 aliphatic rings. The van der Waals surface area contributed by atoms with Crippen molar-refractivity contribution in [2.24, 2.45) is 0 Å². The van der Waals surface area contributed by atoms with E-state index in [1.54, 1.807) is 13.8 Å². The Balaban J connectivity index is 2.07. The van der Waals surface area contributed by atoms with Crippen LogP contribution in [0.1, 0.15) is 31.0 Å². The van der Waals surface area contributed by atoms with E-state index in [1.807, 2.05) is 16.8 Å². The SMILES string of the molecule is CC(NCC(C)(O)c1ccsc1)c1c(F)cccc1F. The second-order valence-electron chi connectivity index (χ2n) is 5.02. The summed E-state index contributed by atoms with van der Waals surface area (Å²) in [6.07, 6.45) is 0. The molecule has 5 heteroatoms. The molecule has 2 atom stereocenters. The van der Waals surface area contributed by atoms with Crippen LogP contribution in [-0.4, -0.2) is 11.7 Å². The van der Waals surface area contributed by atoms with E-state index in [0.29, 0.717) is 0 Å². The number of benzene rings is 1. The molecule has 0 bridgehead atoms. The molecule has 2 N–H and O–H groups in total. The lowest BCUT2D eigenvalue weighted by Gasteiger charge is -2.26. The fourth-order valence-electron chi connectivity index (χ4n) is 2.05. The maximum atomic E-state index is 13.7. The fraction of sp³-hybridized carbons (Fsp3) is 0.333. The van der Waals surface area contributed by atoms with Crippen molar-refractivity contribution in [2.45, 2.75) is 25.5 Å². The van der Waals surface area contributed by atoms with E-state index in [-0.39, 0.29) is 12.1 Å². The molecule has 108 valence electrons. The van der Waals surface area contributed by atoms with Gasteiger partial charge in [-0.3, -0.25) is 0 Å². The first-order valence-electron chi connectivity index (χ1n) is 6.34. The smallest absolute Gasteiger partial charge is 0.130 e. The number of thiophene rings is 1. The Morgan fingerprint density at radius 2 is 1.95 bits per heavy atom. The molecule has 1 aromatic heterocycles. The Labute approximate surface area is 121 Å². The summed E-state index contributed by atoms with van der Waals surface area (Å²) < 4.78 is 27.3. The van der Waals surface area contributed by atoms with E-state index in [2.05, 4.69) is 5.32 Å². The number of hydrogen-bond acceptors (Lipinski definition) is 3. The van der Waals surface area contributed by atoms with E-state index in [4.69, 9.17) is 0 Å². The summed E-state index contributed by atoms with van der Waals surface area (Å²) in [7, 11) is 0. The third-order valence-corrected chi connectivity index (χ3v) is 4.01. The summed E-state index contributed by atoms with van der Waals surface area (Å²) in [6, 6.07) is 5.10. The van der Waals surface area contributed by atoms with Gasteiger partial charge >= 0.3 is 0 Å². The number of hydrogen-bond donors (Lipinski definition) is 2. The van der Waals surface area contributed by atoms with E-state index < -0.39 is 23.3 Å². The van der Waals surface area contributed by atoms with Gasteiger partial charge in [-0.25, -0.2) is 8.78 Å². The molecule has 0 saturated heterocycles. The highest BCUT2D eigenvalue weighted by Crippen LogP contribution is 2.25. The molecule has 2 unspecified atom stereocenters. The van der Waals surface area contributed by atoms with Gasteiger partial charge in [-0.2, -0.15) is 11.3 Å². The predicted molar refractivity (Wildman–Crippen MR) is 76.7 cm³/mol. The molecule has 2 nitrogen and oxygen atoms in total. The Hall–Kier alpha value is -1.30. The quantitative estimate of drug-likeness (QED) is 0.884. The lowest BCUT2D eigenvalue weighted by Crippen LogP contribution is -2.36. The van der Waals surface area contributed by atoms with Gasteiger partial charge in [0, 0.05) is 18.2 Å². The molecule has 1 aromatic carbocycles. The molecule has 0 fully saturated rings. The first-order valence-corrected chi connectivity index (χ1v) is 7.28. The normalized spacial score (nSPS) is 15.8. The average Bonchev–Trinajstić information content (AvgIpc) is 2.91. The summed E-state index contributed by atoms with van der Waals surface area (Å²) in [5, 5.41) is 17.1. The summed E-state index contributed by atoms with van der Waals surface area (Å²) in [4.78, 5) is 0. The summed E-state index contributed by atoms with van der Waals surface area (Å²) in [6.45, 7) is 3.55. The van der Waals surface area contributed by atoms with Crippen molar-refractivity contribution < 1.29 is 13.9 Å². The van der Waals surface area contributed by atoms with Crippen LogP contribution in [0.25, 0.3) is 0 Å². The number of halogens is 2. The monoisotopic (exact) mass is 297 g/mol. The summed E-state index contributed by atoms with van der Waals surface area (Å²) >= 11 is 1.49. The van der Waals surface area contributed by atoms with E-state index in [9.17, 15) is 13.9 Å². The Kier molecular flexibility index (Phi) is 4.52. The van der Waals surface area contributed by atoms with Crippen molar-refractivity contribution in [3.63, 3.8) is 0 Å². The topological polar surface area (TPSA) is 32.3 Å². The van der Waals surface area contributed by atoms with Gasteiger partial charge in [0.25, 0.3) is 0 Å². The van der Waals surface area contributed by atoms with E-state index in [0.717, 1.165) is 5.56 Å². The highest BCUT2D eigenvalue weighted by Gasteiger charge is 2.25. The minimum atomic E-state index is -1.07. The van der Waals surface area contributed by atoms with Crippen LogP contribution in [0, 0.1) is 11.6 Å². The van der Waals surface area contributed by atoms with Crippen LogP contribution in [0.15, 0.2) is 35.0 Å². The molecule has 0 saturated carbocycles. The van der Waals surface area contributed by atoms with Crippen LogP contribution in [0.5, 0.6) is 0 Å². The van der Waals surface area contributed by atoms with Gasteiger partial charge in [-0.15, -0.1) is 0 Å². The standard InChI is InChI=1S/C15H17F2NOS/c1-10(14-12(16)4-3-5-13(14)17)18-9-15(2,19)11-6-7-20-8-11/h3-8,10,18-19H,9H2,1-2H3. The van der Waals surface area contributed by atoms with Crippen molar-refractivity contribution in [3.05, 3.63) is 57.8 Å². The zero-order valence-electron chi connectivity index (χ0n) is 11.4. The van der Waals surface area contributed by atoms with E-state index in [1.165, 1.54) is 29.5 Å². The first kappa shape index (κ1) is 15.1. The predicted octanol–water partition coefficient (Wildman–Crippen LogP) is 3.58. The third kappa shape index (κ3) is 3.23. The number of nitrogens with one attached hydrogen (secondary N) is 1. The second kappa shape index (κ2) is 5.99.